The molecule has 2 atom stereocenters. The summed E-state index contributed by atoms with van der Waals surface area (Å²) in [5, 5.41) is 3.06. The van der Waals surface area contributed by atoms with Crippen LogP contribution in [-0.4, -0.2) is 36.1 Å². The van der Waals surface area contributed by atoms with E-state index in [-0.39, 0.29) is 18.1 Å². The van der Waals surface area contributed by atoms with Crippen LogP contribution < -0.4 is 11.1 Å². The fourth-order valence-electron chi connectivity index (χ4n) is 2.14. The van der Waals surface area contributed by atoms with Crippen LogP contribution in [-0.2, 0) is 0 Å². The minimum atomic E-state index is 0.0547. The van der Waals surface area contributed by atoms with Crippen LogP contribution in [0.4, 0.5) is 4.79 Å². The molecule has 88 valence electrons. The van der Waals surface area contributed by atoms with E-state index in [1.54, 1.807) is 4.90 Å². The number of carbonyl (C=O) groups excluding carboxylic acids is 1. The van der Waals surface area contributed by atoms with Gasteiger partial charge in [0.05, 0.1) is 0 Å². The highest BCUT2D eigenvalue weighted by Gasteiger charge is 2.21. The molecule has 1 rings (SSSR count). The normalized spacial score (nSPS) is 26.1. The summed E-state index contributed by atoms with van der Waals surface area (Å²) in [6, 6.07) is 0.599. The number of hydrogen-bond acceptors (Lipinski definition) is 2. The van der Waals surface area contributed by atoms with E-state index in [4.69, 9.17) is 5.73 Å². The third kappa shape index (κ3) is 3.70. The van der Waals surface area contributed by atoms with E-state index in [9.17, 15) is 4.79 Å². The van der Waals surface area contributed by atoms with Crippen molar-refractivity contribution >= 4 is 6.03 Å². The van der Waals surface area contributed by atoms with Crippen LogP contribution in [0, 0.1) is 0 Å². The van der Waals surface area contributed by atoms with E-state index < -0.39 is 0 Å². The summed E-state index contributed by atoms with van der Waals surface area (Å²) < 4.78 is 0. The van der Waals surface area contributed by atoms with Crippen molar-refractivity contribution in [2.45, 2.75) is 51.6 Å². The van der Waals surface area contributed by atoms with Gasteiger partial charge >= 0.3 is 6.03 Å². The summed E-state index contributed by atoms with van der Waals surface area (Å²) in [5.41, 5.74) is 5.88. The maximum Gasteiger partial charge on any atom is 0.317 e. The lowest BCUT2D eigenvalue weighted by atomic mass is 9.92. The molecular weight excluding hydrogens is 190 g/mol. The molecule has 0 saturated heterocycles. The molecule has 0 radical (unpaired) electrons. The van der Waals surface area contributed by atoms with E-state index in [1.807, 2.05) is 13.8 Å². The summed E-state index contributed by atoms with van der Waals surface area (Å²) in [6.45, 7) is 5.52. The molecule has 1 aliphatic carbocycles. The fraction of sp³-hybridized carbons (Fsp3) is 0.909. The van der Waals surface area contributed by atoms with Gasteiger partial charge in [-0.15, -0.1) is 0 Å². The number of urea groups is 1. The molecule has 1 fully saturated rings. The summed E-state index contributed by atoms with van der Waals surface area (Å²) in [6.07, 6.45) is 4.22. The van der Waals surface area contributed by atoms with Gasteiger partial charge in [-0.25, -0.2) is 4.79 Å². The summed E-state index contributed by atoms with van der Waals surface area (Å²) in [4.78, 5) is 13.6. The van der Waals surface area contributed by atoms with Gasteiger partial charge in [0.1, 0.15) is 0 Å². The first-order chi connectivity index (χ1) is 7.17. The average Bonchev–Trinajstić information content (AvgIpc) is 2.19. The van der Waals surface area contributed by atoms with Crippen LogP contribution in [0.5, 0.6) is 0 Å². The molecule has 1 aliphatic rings. The first-order valence-electron chi connectivity index (χ1n) is 5.98. The highest BCUT2D eigenvalue weighted by Crippen LogP contribution is 2.16. The first-order valence-corrected chi connectivity index (χ1v) is 5.98. The Labute approximate surface area is 92.2 Å². The quantitative estimate of drug-likeness (QED) is 0.742. The predicted octanol–water partition coefficient (Wildman–Crippen LogP) is 1.31. The van der Waals surface area contributed by atoms with Gasteiger partial charge in [-0.1, -0.05) is 0 Å². The zero-order valence-corrected chi connectivity index (χ0v) is 9.83. The maximum atomic E-state index is 11.8. The second-order valence-corrected chi connectivity index (χ2v) is 4.25. The number of hydrogen-bond donors (Lipinski definition) is 2. The Kier molecular flexibility index (Phi) is 4.88. The summed E-state index contributed by atoms with van der Waals surface area (Å²) in [5.74, 6) is 0. The van der Waals surface area contributed by atoms with Crippen LogP contribution in [0.1, 0.15) is 39.5 Å². The number of nitrogens with two attached hydrogens (primary N) is 1. The molecule has 0 aromatic heterocycles. The van der Waals surface area contributed by atoms with Crippen molar-refractivity contribution in [3.63, 3.8) is 0 Å². The van der Waals surface area contributed by atoms with Gasteiger partial charge in [0, 0.05) is 25.2 Å². The van der Waals surface area contributed by atoms with Crippen molar-refractivity contribution < 1.29 is 4.79 Å². The number of carbonyl (C=O) groups is 1. The van der Waals surface area contributed by atoms with Crippen molar-refractivity contribution in [2.24, 2.45) is 5.73 Å². The standard InChI is InChI=1S/C11H23N3O/c1-3-14(4-2)11(15)13-10-7-5-6-9(12)8-10/h9-10H,3-8,12H2,1-2H3,(H,13,15). The van der Waals surface area contributed by atoms with Crippen molar-refractivity contribution in [3.05, 3.63) is 0 Å². The molecule has 2 amide bonds. The minimum absolute atomic E-state index is 0.0547. The van der Waals surface area contributed by atoms with Gasteiger partial charge < -0.3 is 16.0 Å². The highest BCUT2D eigenvalue weighted by molar-refractivity contribution is 5.74. The number of nitrogens with one attached hydrogen (secondary N) is 1. The largest absolute Gasteiger partial charge is 0.335 e. The molecule has 0 aromatic carbocycles. The second-order valence-electron chi connectivity index (χ2n) is 4.25. The molecule has 1 saturated carbocycles. The summed E-state index contributed by atoms with van der Waals surface area (Å²) >= 11 is 0. The molecule has 3 N–H and O–H groups in total. The Morgan fingerprint density at radius 1 is 1.40 bits per heavy atom. The zero-order chi connectivity index (χ0) is 11.3. The molecule has 0 aliphatic heterocycles. The molecule has 0 aromatic rings. The van der Waals surface area contributed by atoms with E-state index in [1.165, 1.54) is 0 Å². The molecule has 0 heterocycles. The molecule has 0 spiro atoms. The Bertz CT molecular complexity index is 204. The zero-order valence-electron chi connectivity index (χ0n) is 9.83. The van der Waals surface area contributed by atoms with Crippen molar-refractivity contribution in [3.8, 4) is 0 Å². The van der Waals surface area contributed by atoms with Crippen LogP contribution in [0.25, 0.3) is 0 Å². The Balaban J connectivity index is 2.36. The van der Waals surface area contributed by atoms with Crippen LogP contribution >= 0.6 is 0 Å². The topological polar surface area (TPSA) is 58.4 Å². The monoisotopic (exact) mass is 213 g/mol. The van der Waals surface area contributed by atoms with Crippen molar-refractivity contribution in [2.75, 3.05) is 13.1 Å². The van der Waals surface area contributed by atoms with E-state index in [0.29, 0.717) is 0 Å². The molecule has 0 bridgehead atoms. The van der Waals surface area contributed by atoms with Crippen LogP contribution in [0.15, 0.2) is 0 Å². The average molecular weight is 213 g/mol. The van der Waals surface area contributed by atoms with Gasteiger partial charge in [0.2, 0.25) is 0 Å². The second kappa shape index (κ2) is 5.95. The Morgan fingerprint density at radius 3 is 2.60 bits per heavy atom. The smallest absolute Gasteiger partial charge is 0.317 e. The third-order valence-electron chi connectivity index (χ3n) is 3.09. The van der Waals surface area contributed by atoms with Gasteiger partial charge in [-0.3, -0.25) is 0 Å². The van der Waals surface area contributed by atoms with Crippen LogP contribution in [0.2, 0.25) is 0 Å². The van der Waals surface area contributed by atoms with Crippen molar-refractivity contribution in [1.82, 2.24) is 10.2 Å². The molecule has 15 heavy (non-hydrogen) atoms. The SMILES string of the molecule is CCN(CC)C(=O)NC1CCCC(N)C1. The molecule has 4 heteroatoms. The number of amides is 2. The minimum Gasteiger partial charge on any atom is -0.335 e. The highest BCUT2D eigenvalue weighted by atomic mass is 16.2. The number of nitrogens with zero attached hydrogens (tertiary/aromatic N) is 1. The lowest BCUT2D eigenvalue weighted by Crippen LogP contribution is -2.47. The lowest BCUT2D eigenvalue weighted by molar-refractivity contribution is 0.194. The van der Waals surface area contributed by atoms with E-state index >= 15 is 0 Å². The molecule has 2 unspecified atom stereocenters. The predicted molar refractivity (Wildman–Crippen MR) is 61.7 cm³/mol. The van der Waals surface area contributed by atoms with Crippen LogP contribution in [0.3, 0.4) is 0 Å². The molecule has 4 nitrogen and oxygen atoms in total. The van der Waals surface area contributed by atoms with Gasteiger partial charge in [0.15, 0.2) is 0 Å². The summed E-state index contributed by atoms with van der Waals surface area (Å²) in [7, 11) is 0. The van der Waals surface area contributed by atoms with E-state index in [0.717, 1.165) is 38.8 Å². The van der Waals surface area contributed by atoms with Gasteiger partial charge in [-0.2, -0.15) is 0 Å². The first kappa shape index (κ1) is 12.3. The van der Waals surface area contributed by atoms with Crippen molar-refractivity contribution in [1.29, 1.82) is 0 Å². The maximum absolute atomic E-state index is 11.8. The fourth-order valence-corrected chi connectivity index (χ4v) is 2.14. The molecular formula is C11H23N3O. The Hall–Kier alpha value is -0.770. The number of rotatable bonds is 3. The lowest BCUT2D eigenvalue weighted by Gasteiger charge is -2.29. The van der Waals surface area contributed by atoms with Gasteiger partial charge in [-0.05, 0) is 39.5 Å². The third-order valence-corrected chi connectivity index (χ3v) is 3.09. The van der Waals surface area contributed by atoms with E-state index in [2.05, 4.69) is 5.32 Å². The van der Waals surface area contributed by atoms with Gasteiger partial charge in [0.25, 0.3) is 0 Å². The Morgan fingerprint density at radius 2 is 2.07 bits per heavy atom.